The monoisotopic (exact) mass is 355 g/mol. The Morgan fingerprint density at radius 2 is 1.77 bits per heavy atom. The van der Waals surface area contributed by atoms with Crippen molar-refractivity contribution in [2.24, 2.45) is 0 Å². The average Bonchev–Trinajstić information content (AvgIpc) is 1.78. The van der Waals surface area contributed by atoms with Gasteiger partial charge in [-0.05, 0) is 0 Å². The molecule has 0 aliphatic carbocycles. The van der Waals surface area contributed by atoms with Gasteiger partial charge in [-0.3, -0.25) is 8.88 Å². The zero-order valence-corrected chi connectivity index (χ0v) is 11.2. The van der Waals surface area contributed by atoms with Gasteiger partial charge < -0.3 is 23.8 Å². The van der Waals surface area contributed by atoms with Gasteiger partial charge in [0.25, 0.3) is 7.82 Å². The SMILES string of the molecule is C=CCOP(=O)([O-])OP(=O)([O-])[O-].[Ce+3]. The molecule has 0 amide bonds. The van der Waals surface area contributed by atoms with Gasteiger partial charge in [-0.15, -0.1) is 6.58 Å². The van der Waals surface area contributed by atoms with Crippen molar-refractivity contribution in [3.8, 4) is 0 Å². The number of phosphoric ester groups is 1. The van der Waals surface area contributed by atoms with Crippen LogP contribution in [0, 0.1) is 41.7 Å². The molecule has 0 saturated carbocycles. The molecule has 10 heteroatoms. The number of hydrogen-bond donors (Lipinski definition) is 0. The summed E-state index contributed by atoms with van der Waals surface area (Å²) in [7, 11) is -10.6. The third kappa shape index (κ3) is 11.3. The van der Waals surface area contributed by atoms with Crippen LogP contribution in [-0.2, 0) is 18.0 Å². The quantitative estimate of drug-likeness (QED) is 0.435. The van der Waals surface area contributed by atoms with E-state index in [2.05, 4.69) is 15.4 Å². The first-order valence-electron chi connectivity index (χ1n) is 2.57. The Labute approximate surface area is 108 Å². The van der Waals surface area contributed by atoms with Crippen molar-refractivity contribution in [1.29, 1.82) is 0 Å². The smallest absolute Gasteiger partial charge is 0.790 e. The van der Waals surface area contributed by atoms with Crippen molar-refractivity contribution >= 4 is 15.6 Å². The zero-order valence-electron chi connectivity index (χ0n) is 6.24. The predicted molar refractivity (Wildman–Crippen MR) is 32.4 cm³/mol. The largest absolute Gasteiger partial charge is 3.00 e. The molecule has 0 heterocycles. The molecule has 1 atom stereocenters. The Hall–Kier alpha value is 1.38. The average molecular weight is 355 g/mol. The van der Waals surface area contributed by atoms with Crippen LogP contribution in [-0.4, -0.2) is 6.61 Å². The molecular weight excluding hydrogens is 350 g/mol. The third-order valence-corrected chi connectivity index (χ3v) is 2.62. The molecule has 0 bridgehead atoms. The summed E-state index contributed by atoms with van der Waals surface area (Å²) in [5.74, 6) is 0. The summed E-state index contributed by atoms with van der Waals surface area (Å²) in [6, 6.07) is 0. The van der Waals surface area contributed by atoms with Crippen LogP contribution in [0.25, 0.3) is 0 Å². The molecule has 0 aliphatic heterocycles. The van der Waals surface area contributed by atoms with Crippen LogP contribution >= 0.6 is 15.6 Å². The van der Waals surface area contributed by atoms with Crippen molar-refractivity contribution in [3.05, 3.63) is 12.7 Å². The van der Waals surface area contributed by atoms with Crippen molar-refractivity contribution in [2.45, 2.75) is 0 Å². The van der Waals surface area contributed by atoms with Crippen LogP contribution in [0.3, 0.4) is 0 Å². The van der Waals surface area contributed by atoms with Gasteiger partial charge in [0.1, 0.15) is 0 Å². The molecule has 0 aliphatic rings. The first-order chi connectivity index (χ1) is 5.27. The normalized spacial score (nSPS) is 15.6. The van der Waals surface area contributed by atoms with E-state index in [0.717, 1.165) is 6.08 Å². The van der Waals surface area contributed by atoms with Crippen molar-refractivity contribution in [3.63, 3.8) is 0 Å². The summed E-state index contributed by atoms with van der Waals surface area (Å²) in [4.78, 5) is 29.9. The van der Waals surface area contributed by atoms with Crippen molar-refractivity contribution in [1.82, 2.24) is 0 Å². The van der Waals surface area contributed by atoms with E-state index in [-0.39, 0.29) is 41.7 Å². The third-order valence-electron chi connectivity index (χ3n) is 0.551. The second-order valence-electron chi connectivity index (χ2n) is 1.56. The van der Waals surface area contributed by atoms with Crippen LogP contribution in [0.1, 0.15) is 0 Å². The van der Waals surface area contributed by atoms with E-state index in [9.17, 15) is 23.8 Å². The van der Waals surface area contributed by atoms with E-state index in [1.165, 1.54) is 0 Å². The summed E-state index contributed by atoms with van der Waals surface area (Å²) in [6.07, 6.45) is 1.05. The summed E-state index contributed by atoms with van der Waals surface area (Å²) in [5, 5.41) is 0. The Kier molecular flexibility index (Phi) is 8.77. The molecule has 0 fully saturated rings. The number of rotatable bonds is 5. The fourth-order valence-corrected chi connectivity index (χ4v) is 1.75. The maximum atomic E-state index is 10.4. The molecule has 0 spiro atoms. The van der Waals surface area contributed by atoms with Gasteiger partial charge in [0.05, 0.1) is 14.4 Å². The van der Waals surface area contributed by atoms with E-state index in [4.69, 9.17) is 0 Å². The molecule has 13 heavy (non-hydrogen) atoms. The topological polar surface area (TPSA) is 122 Å². The molecule has 7 nitrogen and oxygen atoms in total. The van der Waals surface area contributed by atoms with Gasteiger partial charge in [0.15, 0.2) is 0 Å². The van der Waals surface area contributed by atoms with Gasteiger partial charge in [0.2, 0.25) is 0 Å². The van der Waals surface area contributed by atoms with E-state index in [1.54, 1.807) is 0 Å². The molecule has 0 saturated heterocycles. The summed E-state index contributed by atoms with van der Waals surface area (Å²) >= 11 is 0. The molecule has 0 aromatic carbocycles. The van der Waals surface area contributed by atoms with Crippen molar-refractivity contribution < 1.29 is 74.4 Å². The number of phosphoric acid groups is 2. The summed E-state index contributed by atoms with van der Waals surface area (Å²) < 4.78 is 27.1. The second-order valence-corrected chi connectivity index (χ2v) is 4.26. The summed E-state index contributed by atoms with van der Waals surface area (Å²) in [5.41, 5.74) is 0. The molecule has 1 unspecified atom stereocenters. The van der Waals surface area contributed by atoms with Crippen LogP contribution in [0.15, 0.2) is 12.7 Å². The molecule has 0 aromatic heterocycles. The minimum Gasteiger partial charge on any atom is -0.790 e. The molecule has 0 aromatic rings. The predicted octanol–water partition coefficient (Wildman–Crippen LogP) is -1.50. The fraction of sp³-hybridized carbons (Fsp3) is 0.333. The Morgan fingerprint density at radius 3 is 2.08 bits per heavy atom. The molecular formula is C3H5CeO7P2. The van der Waals surface area contributed by atoms with E-state index in [1.807, 2.05) is 0 Å². The maximum absolute atomic E-state index is 10.4. The van der Waals surface area contributed by atoms with Gasteiger partial charge in [-0.2, -0.15) is 0 Å². The molecule has 1 radical (unpaired) electrons. The minimum absolute atomic E-state index is 0. The van der Waals surface area contributed by atoms with Crippen LogP contribution in [0.2, 0.25) is 0 Å². The Bertz CT molecular complexity index is 246. The molecule has 0 N–H and O–H groups in total. The van der Waals surface area contributed by atoms with Gasteiger partial charge >= 0.3 is 41.7 Å². The van der Waals surface area contributed by atoms with E-state index >= 15 is 0 Å². The summed E-state index contributed by atoms with van der Waals surface area (Å²) in [6.45, 7) is 2.64. The van der Waals surface area contributed by atoms with Crippen LogP contribution < -0.4 is 14.7 Å². The number of hydrogen-bond acceptors (Lipinski definition) is 7. The van der Waals surface area contributed by atoms with E-state index in [0.29, 0.717) is 0 Å². The Morgan fingerprint density at radius 1 is 1.31 bits per heavy atom. The maximum Gasteiger partial charge on any atom is 3.00 e. The zero-order chi connectivity index (χ0) is 9.83. The molecule has 0 rings (SSSR count). The Balaban J connectivity index is 0. The first kappa shape index (κ1) is 16.8. The minimum atomic E-state index is -5.56. The second kappa shape index (κ2) is 6.79. The first-order valence-corrected chi connectivity index (χ1v) is 5.49. The standard InChI is InChI=1S/C3H8O7P2.Ce/c1-2-3-9-12(7,8)10-11(4,5)6;/h2H,1,3H2,(H,7,8)(H2,4,5,6);/q;+3/p-3. The van der Waals surface area contributed by atoms with E-state index < -0.39 is 22.3 Å². The van der Waals surface area contributed by atoms with Gasteiger partial charge in [-0.1, -0.05) is 6.08 Å². The van der Waals surface area contributed by atoms with Crippen LogP contribution in [0.4, 0.5) is 0 Å². The van der Waals surface area contributed by atoms with Crippen LogP contribution in [0.5, 0.6) is 0 Å². The van der Waals surface area contributed by atoms with Crippen molar-refractivity contribution in [2.75, 3.05) is 6.61 Å². The molecule has 73 valence electrons. The van der Waals surface area contributed by atoms with Gasteiger partial charge in [-0.25, -0.2) is 0 Å². The van der Waals surface area contributed by atoms with Gasteiger partial charge in [0, 0.05) is 0 Å². The fourth-order valence-electron chi connectivity index (χ4n) is 0.290.